The number of benzene rings is 3. The van der Waals surface area contributed by atoms with E-state index in [1.165, 1.54) is 34.1 Å². The quantitative estimate of drug-likeness (QED) is 0.173. The third kappa shape index (κ3) is 5.99. The standard InChI is InChI=1S/C32H29N3O4/c1-22(19-31(36)24-7-6-16-33-21-24)34-28(32(37)38)20-23-12-14-25(15-13-23)39-18-17-35-29-10-4-2-8-26(29)27-9-3-5-11-30(27)35/h2-16,19,21,28,34H,17-18,20H2,1H3,(H,37,38)/b22-19-. The summed E-state index contributed by atoms with van der Waals surface area (Å²) in [7, 11) is 0. The van der Waals surface area contributed by atoms with Crippen LogP contribution in [0.1, 0.15) is 22.8 Å². The Morgan fingerprint density at radius 1 is 0.949 bits per heavy atom. The Hall–Kier alpha value is -4.91. The van der Waals surface area contributed by atoms with Crippen LogP contribution in [0.15, 0.2) is 109 Å². The van der Waals surface area contributed by atoms with E-state index in [9.17, 15) is 14.7 Å². The zero-order valence-corrected chi connectivity index (χ0v) is 21.6. The maximum atomic E-state index is 12.4. The lowest BCUT2D eigenvalue weighted by molar-refractivity contribution is -0.139. The van der Waals surface area contributed by atoms with Crippen LogP contribution < -0.4 is 10.1 Å². The van der Waals surface area contributed by atoms with Gasteiger partial charge in [-0.05, 0) is 48.9 Å². The van der Waals surface area contributed by atoms with Crippen LogP contribution in [0.2, 0.25) is 0 Å². The normalized spacial score (nSPS) is 12.4. The van der Waals surface area contributed by atoms with Gasteiger partial charge in [-0.15, -0.1) is 0 Å². The number of carbonyl (C=O) groups excluding carboxylic acids is 1. The number of allylic oxidation sites excluding steroid dienone is 2. The Morgan fingerprint density at radius 2 is 1.62 bits per heavy atom. The van der Waals surface area contributed by atoms with Crippen LogP contribution in [-0.4, -0.2) is 39.1 Å². The van der Waals surface area contributed by atoms with Crippen molar-refractivity contribution in [3.63, 3.8) is 0 Å². The minimum Gasteiger partial charge on any atom is -0.492 e. The Labute approximate surface area is 226 Å². The SMILES string of the molecule is C/C(=C/C(=O)c1cccnc1)NC(Cc1ccc(OCCn2c3ccccc3c3ccccc32)cc1)C(=O)O. The van der Waals surface area contributed by atoms with Crippen molar-refractivity contribution in [2.24, 2.45) is 0 Å². The molecule has 1 unspecified atom stereocenters. The van der Waals surface area contributed by atoms with Crippen molar-refractivity contribution in [1.29, 1.82) is 0 Å². The van der Waals surface area contributed by atoms with E-state index in [0.717, 1.165) is 11.3 Å². The summed E-state index contributed by atoms with van der Waals surface area (Å²) < 4.78 is 8.31. The molecule has 7 nitrogen and oxygen atoms in total. The van der Waals surface area contributed by atoms with Crippen LogP contribution in [0, 0.1) is 0 Å². The number of rotatable bonds is 11. The zero-order chi connectivity index (χ0) is 27.2. The lowest BCUT2D eigenvalue weighted by atomic mass is 10.1. The fourth-order valence-electron chi connectivity index (χ4n) is 4.76. The summed E-state index contributed by atoms with van der Waals surface area (Å²) in [6.45, 7) is 2.87. The average molecular weight is 520 g/mol. The van der Waals surface area contributed by atoms with E-state index >= 15 is 0 Å². The molecule has 0 bridgehead atoms. The average Bonchev–Trinajstić information content (AvgIpc) is 3.27. The summed E-state index contributed by atoms with van der Waals surface area (Å²) in [6, 6.07) is 26.7. The van der Waals surface area contributed by atoms with Gasteiger partial charge < -0.3 is 19.7 Å². The van der Waals surface area contributed by atoms with Crippen molar-refractivity contribution in [2.75, 3.05) is 6.61 Å². The first kappa shape index (κ1) is 25.7. The van der Waals surface area contributed by atoms with Gasteiger partial charge in [0.2, 0.25) is 0 Å². The summed E-state index contributed by atoms with van der Waals surface area (Å²) in [4.78, 5) is 28.2. The number of aromatic nitrogens is 2. The van der Waals surface area contributed by atoms with Gasteiger partial charge in [-0.1, -0.05) is 48.5 Å². The molecule has 0 fully saturated rings. The molecule has 0 amide bonds. The molecule has 5 rings (SSSR count). The minimum atomic E-state index is -0.997. The smallest absolute Gasteiger partial charge is 0.326 e. The number of fused-ring (bicyclic) bond motifs is 3. The molecule has 0 spiro atoms. The van der Waals surface area contributed by atoms with Gasteiger partial charge in [0.1, 0.15) is 18.4 Å². The Bertz CT molecular complexity index is 1590. The molecule has 0 radical (unpaired) electrons. The second kappa shape index (κ2) is 11.6. The molecule has 3 aromatic carbocycles. The van der Waals surface area contributed by atoms with Gasteiger partial charge in [0, 0.05) is 58.0 Å². The van der Waals surface area contributed by atoms with E-state index in [1.54, 1.807) is 25.3 Å². The van der Waals surface area contributed by atoms with E-state index in [-0.39, 0.29) is 12.2 Å². The van der Waals surface area contributed by atoms with Gasteiger partial charge >= 0.3 is 5.97 Å². The summed E-state index contributed by atoms with van der Waals surface area (Å²) >= 11 is 0. The number of hydrogen-bond donors (Lipinski definition) is 2. The van der Waals surface area contributed by atoms with Gasteiger partial charge in [-0.25, -0.2) is 4.79 Å². The number of ether oxygens (including phenoxy) is 1. The molecule has 0 aliphatic carbocycles. The highest BCUT2D eigenvalue weighted by Gasteiger charge is 2.18. The largest absolute Gasteiger partial charge is 0.492 e. The highest BCUT2D eigenvalue weighted by atomic mass is 16.5. The highest BCUT2D eigenvalue weighted by molar-refractivity contribution is 6.08. The number of pyridine rings is 1. The van der Waals surface area contributed by atoms with Gasteiger partial charge in [-0.2, -0.15) is 0 Å². The topological polar surface area (TPSA) is 93.5 Å². The van der Waals surface area contributed by atoms with Crippen molar-refractivity contribution in [3.05, 3.63) is 120 Å². The third-order valence-corrected chi connectivity index (χ3v) is 6.62. The Balaban J connectivity index is 1.20. The van der Waals surface area contributed by atoms with Crippen molar-refractivity contribution >= 4 is 33.6 Å². The molecule has 2 heterocycles. The highest BCUT2D eigenvalue weighted by Crippen LogP contribution is 2.28. The Morgan fingerprint density at radius 3 is 2.23 bits per heavy atom. The number of carbonyl (C=O) groups is 2. The van der Waals surface area contributed by atoms with Crippen molar-refractivity contribution < 1.29 is 19.4 Å². The molecule has 196 valence electrons. The second-order valence-electron chi connectivity index (χ2n) is 9.35. The summed E-state index contributed by atoms with van der Waals surface area (Å²) in [6.07, 6.45) is 4.71. The molecule has 7 heteroatoms. The predicted octanol–water partition coefficient (Wildman–Crippen LogP) is 5.64. The van der Waals surface area contributed by atoms with Crippen LogP contribution in [0.5, 0.6) is 5.75 Å². The molecule has 2 aromatic heterocycles. The molecule has 5 aromatic rings. The van der Waals surface area contributed by atoms with Gasteiger partial charge in [0.25, 0.3) is 0 Å². The van der Waals surface area contributed by atoms with Crippen molar-refractivity contribution in [1.82, 2.24) is 14.9 Å². The molecular weight excluding hydrogens is 490 g/mol. The van der Waals surface area contributed by atoms with Gasteiger partial charge in [0.05, 0.1) is 6.54 Å². The van der Waals surface area contributed by atoms with Crippen molar-refractivity contribution in [2.45, 2.75) is 25.9 Å². The monoisotopic (exact) mass is 519 g/mol. The Kier molecular flexibility index (Phi) is 7.68. The number of nitrogens with zero attached hydrogens (tertiary/aromatic N) is 2. The molecule has 0 saturated carbocycles. The predicted molar refractivity (Wildman–Crippen MR) is 152 cm³/mol. The van der Waals surface area contributed by atoms with Gasteiger partial charge in [0.15, 0.2) is 5.78 Å². The molecule has 39 heavy (non-hydrogen) atoms. The molecule has 1 atom stereocenters. The first-order valence-electron chi connectivity index (χ1n) is 12.8. The molecule has 0 aliphatic heterocycles. The maximum absolute atomic E-state index is 12.4. The lowest BCUT2D eigenvalue weighted by Gasteiger charge is -2.16. The first-order valence-corrected chi connectivity index (χ1v) is 12.8. The molecule has 0 aliphatic rings. The van der Waals surface area contributed by atoms with Crippen LogP contribution in [-0.2, 0) is 17.8 Å². The van der Waals surface area contributed by atoms with E-state index in [1.807, 2.05) is 36.4 Å². The summed E-state index contributed by atoms with van der Waals surface area (Å²) in [5, 5.41) is 15.1. The fraction of sp³-hybridized carbons (Fsp3) is 0.156. The van der Waals surface area contributed by atoms with E-state index < -0.39 is 12.0 Å². The molecule has 2 N–H and O–H groups in total. The number of ketones is 1. The van der Waals surface area contributed by atoms with E-state index in [4.69, 9.17) is 4.74 Å². The number of nitrogens with one attached hydrogen (secondary N) is 1. The van der Waals surface area contributed by atoms with E-state index in [2.05, 4.69) is 51.3 Å². The number of aliphatic carboxylic acids is 1. The fourth-order valence-corrected chi connectivity index (χ4v) is 4.76. The van der Waals surface area contributed by atoms with Crippen LogP contribution in [0.4, 0.5) is 0 Å². The third-order valence-electron chi connectivity index (χ3n) is 6.62. The number of hydrogen-bond acceptors (Lipinski definition) is 5. The number of para-hydroxylation sites is 2. The maximum Gasteiger partial charge on any atom is 0.326 e. The van der Waals surface area contributed by atoms with Crippen LogP contribution in [0.3, 0.4) is 0 Å². The molecule has 0 saturated heterocycles. The molecular formula is C32H29N3O4. The summed E-state index contributed by atoms with van der Waals surface area (Å²) in [5.41, 5.74) is 4.12. The summed E-state index contributed by atoms with van der Waals surface area (Å²) in [5.74, 6) is -0.514. The van der Waals surface area contributed by atoms with Crippen molar-refractivity contribution in [3.8, 4) is 5.75 Å². The second-order valence-corrected chi connectivity index (χ2v) is 9.35. The van der Waals surface area contributed by atoms with Gasteiger partial charge in [-0.3, -0.25) is 9.78 Å². The van der Waals surface area contributed by atoms with E-state index in [0.29, 0.717) is 24.4 Å². The van der Waals surface area contributed by atoms with Crippen LogP contribution in [0.25, 0.3) is 21.8 Å². The number of carboxylic acids is 1. The zero-order valence-electron chi connectivity index (χ0n) is 21.6. The minimum absolute atomic E-state index is 0.236. The number of carboxylic acid groups (broad SMARTS) is 1. The lowest BCUT2D eigenvalue weighted by Crippen LogP contribution is -2.37. The van der Waals surface area contributed by atoms with Crippen LogP contribution >= 0.6 is 0 Å². The first-order chi connectivity index (χ1) is 19.0.